The summed E-state index contributed by atoms with van der Waals surface area (Å²) in [6.07, 6.45) is 4.49. The molecule has 0 radical (unpaired) electrons. The Labute approximate surface area is 106 Å². The minimum Gasteiger partial charge on any atom is -0.374 e. The minimum absolute atomic E-state index is 0.397. The van der Waals surface area contributed by atoms with E-state index in [2.05, 4.69) is 31.0 Å². The number of hydrogen-bond acceptors (Lipinski definition) is 3. The van der Waals surface area contributed by atoms with Crippen molar-refractivity contribution in [3.63, 3.8) is 0 Å². The largest absolute Gasteiger partial charge is 0.374 e. The highest BCUT2D eigenvalue weighted by atomic mass is 16.5. The normalized spacial score (nSPS) is 34.2. The molecule has 1 N–H and O–H groups in total. The standard InChI is InChI=1S/C14H28N2O/c1-4-5-12-8-14(12)15-9-13-10-16(11(2)3)6-7-17-13/h11-15H,4-10H2,1-3H3. The van der Waals surface area contributed by atoms with Crippen LogP contribution in [0.2, 0.25) is 0 Å². The van der Waals surface area contributed by atoms with Crippen LogP contribution in [0.5, 0.6) is 0 Å². The molecule has 17 heavy (non-hydrogen) atoms. The molecule has 1 saturated carbocycles. The van der Waals surface area contributed by atoms with Crippen molar-refractivity contribution >= 4 is 0 Å². The maximum atomic E-state index is 5.83. The van der Waals surface area contributed by atoms with E-state index in [1.54, 1.807) is 0 Å². The van der Waals surface area contributed by atoms with Gasteiger partial charge in [0.1, 0.15) is 0 Å². The van der Waals surface area contributed by atoms with Gasteiger partial charge in [0.2, 0.25) is 0 Å². The Morgan fingerprint density at radius 1 is 1.41 bits per heavy atom. The smallest absolute Gasteiger partial charge is 0.0826 e. The summed E-state index contributed by atoms with van der Waals surface area (Å²) < 4.78 is 5.83. The Morgan fingerprint density at radius 2 is 2.24 bits per heavy atom. The summed E-state index contributed by atoms with van der Waals surface area (Å²) in [4.78, 5) is 2.52. The van der Waals surface area contributed by atoms with Crippen LogP contribution >= 0.6 is 0 Å². The fourth-order valence-electron chi connectivity index (χ4n) is 2.80. The number of rotatable bonds is 6. The summed E-state index contributed by atoms with van der Waals surface area (Å²) in [5.74, 6) is 0.949. The molecular formula is C14H28N2O. The Kier molecular flexibility index (Phi) is 4.83. The highest BCUT2D eigenvalue weighted by molar-refractivity contribution is 4.93. The molecule has 3 atom stereocenters. The molecule has 3 unspecified atom stereocenters. The lowest BCUT2D eigenvalue weighted by Gasteiger charge is -2.35. The lowest BCUT2D eigenvalue weighted by Crippen LogP contribution is -2.49. The first-order valence-corrected chi connectivity index (χ1v) is 7.29. The molecule has 1 aliphatic heterocycles. The van der Waals surface area contributed by atoms with Crippen LogP contribution in [-0.4, -0.2) is 49.3 Å². The van der Waals surface area contributed by atoms with Crippen LogP contribution in [0.25, 0.3) is 0 Å². The Bertz CT molecular complexity index is 232. The van der Waals surface area contributed by atoms with E-state index in [-0.39, 0.29) is 0 Å². The monoisotopic (exact) mass is 240 g/mol. The molecular weight excluding hydrogens is 212 g/mol. The quantitative estimate of drug-likeness (QED) is 0.767. The number of nitrogens with one attached hydrogen (secondary N) is 1. The summed E-state index contributed by atoms with van der Waals surface area (Å²) in [7, 11) is 0. The summed E-state index contributed by atoms with van der Waals surface area (Å²) in [6.45, 7) is 10.9. The van der Waals surface area contributed by atoms with Crippen molar-refractivity contribution in [3.8, 4) is 0 Å². The van der Waals surface area contributed by atoms with Crippen molar-refractivity contribution in [1.82, 2.24) is 10.2 Å². The van der Waals surface area contributed by atoms with Gasteiger partial charge in [0.25, 0.3) is 0 Å². The summed E-state index contributed by atoms with van der Waals surface area (Å²) in [6, 6.07) is 1.43. The molecule has 100 valence electrons. The SMILES string of the molecule is CCCC1CC1NCC1CN(C(C)C)CCO1. The minimum atomic E-state index is 0.397. The van der Waals surface area contributed by atoms with Gasteiger partial charge in [0, 0.05) is 31.7 Å². The van der Waals surface area contributed by atoms with Crippen LogP contribution < -0.4 is 5.32 Å². The molecule has 0 spiro atoms. The van der Waals surface area contributed by atoms with E-state index in [1.165, 1.54) is 19.3 Å². The zero-order chi connectivity index (χ0) is 12.3. The van der Waals surface area contributed by atoms with E-state index in [0.717, 1.165) is 38.2 Å². The highest BCUT2D eigenvalue weighted by Gasteiger charge is 2.36. The van der Waals surface area contributed by atoms with Crippen molar-refractivity contribution in [1.29, 1.82) is 0 Å². The average molecular weight is 240 g/mol. The predicted molar refractivity (Wildman–Crippen MR) is 71.3 cm³/mol. The van der Waals surface area contributed by atoms with Gasteiger partial charge in [0.15, 0.2) is 0 Å². The molecule has 3 nitrogen and oxygen atoms in total. The van der Waals surface area contributed by atoms with Gasteiger partial charge in [-0.25, -0.2) is 0 Å². The van der Waals surface area contributed by atoms with Gasteiger partial charge in [-0.1, -0.05) is 13.3 Å². The second-order valence-electron chi connectivity index (χ2n) is 5.88. The maximum Gasteiger partial charge on any atom is 0.0826 e. The lowest BCUT2D eigenvalue weighted by molar-refractivity contribution is -0.0373. The van der Waals surface area contributed by atoms with E-state index < -0.39 is 0 Å². The number of hydrogen-bond donors (Lipinski definition) is 1. The molecule has 1 aliphatic carbocycles. The zero-order valence-corrected chi connectivity index (χ0v) is 11.6. The first kappa shape index (κ1) is 13.3. The molecule has 2 rings (SSSR count). The van der Waals surface area contributed by atoms with Crippen molar-refractivity contribution in [2.75, 3.05) is 26.2 Å². The van der Waals surface area contributed by atoms with Crippen LogP contribution in [-0.2, 0) is 4.74 Å². The van der Waals surface area contributed by atoms with Gasteiger partial charge >= 0.3 is 0 Å². The molecule has 0 bridgehead atoms. The topological polar surface area (TPSA) is 24.5 Å². The van der Waals surface area contributed by atoms with Crippen molar-refractivity contribution < 1.29 is 4.74 Å². The van der Waals surface area contributed by atoms with E-state index >= 15 is 0 Å². The Hall–Kier alpha value is -0.120. The average Bonchev–Trinajstić information content (AvgIpc) is 3.06. The Balaban J connectivity index is 1.63. The van der Waals surface area contributed by atoms with Crippen LogP contribution in [0.4, 0.5) is 0 Å². The second-order valence-corrected chi connectivity index (χ2v) is 5.88. The van der Waals surface area contributed by atoms with Crippen LogP contribution in [0.3, 0.4) is 0 Å². The van der Waals surface area contributed by atoms with Gasteiger partial charge in [0.05, 0.1) is 12.7 Å². The van der Waals surface area contributed by atoms with Gasteiger partial charge in [-0.15, -0.1) is 0 Å². The fourth-order valence-corrected chi connectivity index (χ4v) is 2.80. The molecule has 0 aromatic carbocycles. The number of morpholine rings is 1. The molecule has 0 aromatic heterocycles. The number of ether oxygens (including phenoxy) is 1. The lowest BCUT2D eigenvalue weighted by atomic mass is 10.2. The Morgan fingerprint density at radius 3 is 2.94 bits per heavy atom. The van der Waals surface area contributed by atoms with E-state index in [9.17, 15) is 0 Å². The zero-order valence-electron chi connectivity index (χ0n) is 11.6. The second kappa shape index (κ2) is 6.17. The first-order valence-electron chi connectivity index (χ1n) is 7.29. The van der Waals surface area contributed by atoms with Gasteiger partial charge in [-0.3, -0.25) is 4.90 Å². The summed E-state index contributed by atoms with van der Waals surface area (Å²) >= 11 is 0. The highest BCUT2D eigenvalue weighted by Crippen LogP contribution is 2.34. The number of nitrogens with zero attached hydrogens (tertiary/aromatic N) is 1. The predicted octanol–water partition coefficient (Wildman–Crippen LogP) is 1.87. The molecule has 3 heteroatoms. The van der Waals surface area contributed by atoms with Gasteiger partial charge in [-0.2, -0.15) is 0 Å². The third kappa shape index (κ3) is 3.94. The van der Waals surface area contributed by atoms with Crippen molar-refractivity contribution in [3.05, 3.63) is 0 Å². The van der Waals surface area contributed by atoms with E-state index in [0.29, 0.717) is 12.1 Å². The van der Waals surface area contributed by atoms with Crippen LogP contribution in [0, 0.1) is 5.92 Å². The van der Waals surface area contributed by atoms with Crippen molar-refractivity contribution in [2.45, 2.75) is 58.2 Å². The molecule has 0 aromatic rings. The van der Waals surface area contributed by atoms with Gasteiger partial charge < -0.3 is 10.1 Å². The van der Waals surface area contributed by atoms with Crippen LogP contribution in [0.1, 0.15) is 40.0 Å². The molecule has 2 aliphatic rings. The summed E-state index contributed by atoms with van der Waals surface area (Å²) in [5, 5.41) is 3.67. The van der Waals surface area contributed by atoms with E-state index in [1.807, 2.05) is 0 Å². The molecule has 2 fully saturated rings. The van der Waals surface area contributed by atoms with Gasteiger partial charge in [-0.05, 0) is 32.6 Å². The molecule has 1 saturated heterocycles. The molecule has 1 heterocycles. The third-order valence-corrected chi connectivity index (χ3v) is 4.09. The van der Waals surface area contributed by atoms with Crippen LogP contribution in [0.15, 0.2) is 0 Å². The van der Waals surface area contributed by atoms with E-state index in [4.69, 9.17) is 4.74 Å². The summed E-state index contributed by atoms with van der Waals surface area (Å²) in [5.41, 5.74) is 0. The fraction of sp³-hybridized carbons (Fsp3) is 1.00. The molecule has 0 amide bonds. The maximum absolute atomic E-state index is 5.83. The van der Waals surface area contributed by atoms with Crippen molar-refractivity contribution in [2.24, 2.45) is 5.92 Å². The third-order valence-electron chi connectivity index (χ3n) is 4.09. The first-order chi connectivity index (χ1) is 8.20.